The van der Waals surface area contributed by atoms with Gasteiger partial charge in [0.1, 0.15) is 11.4 Å². The van der Waals surface area contributed by atoms with Gasteiger partial charge in [0.2, 0.25) is 0 Å². The van der Waals surface area contributed by atoms with E-state index in [-0.39, 0.29) is 11.7 Å². The van der Waals surface area contributed by atoms with Crippen LogP contribution in [0.1, 0.15) is 15.9 Å². The van der Waals surface area contributed by atoms with Crippen molar-refractivity contribution in [3.63, 3.8) is 0 Å². The average molecular weight is 395 g/mol. The second-order valence-corrected chi connectivity index (χ2v) is 6.69. The summed E-state index contributed by atoms with van der Waals surface area (Å²) in [6.07, 6.45) is 5.12. The number of nitrogens with one attached hydrogen (secondary N) is 1. The minimum Gasteiger partial charge on any atom is -0.322 e. The number of hydrogen-bond acceptors (Lipinski definition) is 2. The molecule has 2 heterocycles. The van der Waals surface area contributed by atoms with Gasteiger partial charge in [-0.05, 0) is 61.0 Å². The Labute approximate surface area is 166 Å². The van der Waals surface area contributed by atoms with Gasteiger partial charge < -0.3 is 9.88 Å². The van der Waals surface area contributed by atoms with Crippen LogP contribution in [0.4, 0.5) is 10.1 Å². The first-order valence-corrected chi connectivity index (χ1v) is 8.95. The third-order valence-corrected chi connectivity index (χ3v) is 4.75. The van der Waals surface area contributed by atoms with E-state index in [1.807, 2.05) is 37.5 Å². The molecule has 0 spiro atoms. The molecular weight excluding hydrogens is 379 g/mol. The molecule has 0 saturated heterocycles. The number of aryl methyl sites for hydroxylation is 1. The van der Waals surface area contributed by atoms with Crippen LogP contribution in [0.5, 0.6) is 0 Å². The zero-order chi connectivity index (χ0) is 19.7. The molecule has 0 fully saturated rings. The second-order valence-electron chi connectivity index (χ2n) is 6.28. The molecule has 1 N–H and O–H groups in total. The third kappa shape index (κ3) is 3.42. The third-order valence-electron chi connectivity index (χ3n) is 4.34. The van der Waals surface area contributed by atoms with E-state index in [9.17, 15) is 9.18 Å². The number of hydrogen-bond donors (Lipinski definition) is 1. The van der Waals surface area contributed by atoms with Crippen molar-refractivity contribution in [2.24, 2.45) is 0 Å². The maximum Gasteiger partial charge on any atom is 0.261 e. The highest BCUT2D eigenvalue weighted by atomic mass is 35.5. The van der Waals surface area contributed by atoms with Crippen molar-refractivity contribution in [2.75, 3.05) is 5.32 Å². The van der Waals surface area contributed by atoms with Gasteiger partial charge in [-0.3, -0.25) is 4.79 Å². The summed E-state index contributed by atoms with van der Waals surface area (Å²) in [4.78, 5) is 12.9. The van der Waals surface area contributed by atoms with Crippen LogP contribution < -0.4 is 5.32 Å². The van der Waals surface area contributed by atoms with E-state index < -0.39 is 0 Å². The fraction of sp³-hybridized carbons (Fsp3) is 0.0476. The number of anilines is 1. The number of carbonyl (C=O) groups excluding carboxylic acids is 1. The van der Waals surface area contributed by atoms with Crippen LogP contribution in [-0.2, 0) is 0 Å². The van der Waals surface area contributed by atoms with E-state index in [2.05, 4.69) is 10.4 Å². The van der Waals surface area contributed by atoms with E-state index in [1.54, 1.807) is 33.5 Å². The van der Waals surface area contributed by atoms with Gasteiger partial charge in [-0.2, -0.15) is 5.10 Å². The summed E-state index contributed by atoms with van der Waals surface area (Å²) < 4.78 is 16.7. The number of amides is 1. The van der Waals surface area contributed by atoms with Crippen LogP contribution in [-0.4, -0.2) is 20.3 Å². The lowest BCUT2D eigenvalue weighted by molar-refractivity contribution is 0.102. The summed E-state index contributed by atoms with van der Waals surface area (Å²) in [7, 11) is 0. The molecule has 0 bridgehead atoms. The second kappa shape index (κ2) is 7.32. The van der Waals surface area contributed by atoms with Crippen molar-refractivity contribution >= 4 is 23.2 Å². The predicted octanol–water partition coefficient (Wildman–Crippen LogP) is 5.02. The number of carbonyl (C=O) groups is 1. The molecule has 1 amide bonds. The highest BCUT2D eigenvalue weighted by molar-refractivity contribution is 6.31. The van der Waals surface area contributed by atoms with Gasteiger partial charge in [0.05, 0.1) is 11.9 Å². The van der Waals surface area contributed by atoms with Gasteiger partial charge in [-0.15, -0.1) is 0 Å². The molecule has 0 aliphatic heterocycles. The Bertz CT molecular complexity index is 1130. The van der Waals surface area contributed by atoms with Crippen LogP contribution in [0, 0.1) is 12.7 Å². The van der Waals surface area contributed by atoms with Gasteiger partial charge in [0.25, 0.3) is 5.91 Å². The SMILES string of the molecule is Cc1ccc(NC(=O)c2cnn(-c3ccc(F)cc3)c2-n2cccc2)cc1Cl. The Morgan fingerprint density at radius 2 is 1.82 bits per heavy atom. The molecule has 0 saturated carbocycles. The topological polar surface area (TPSA) is 51.9 Å². The Balaban J connectivity index is 1.75. The van der Waals surface area contributed by atoms with Gasteiger partial charge >= 0.3 is 0 Å². The summed E-state index contributed by atoms with van der Waals surface area (Å²) >= 11 is 6.15. The lowest BCUT2D eigenvalue weighted by atomic mass is 10.2. The van der Waals surface area contributed by atoms with Crippen molar-refractivity contribution < 1.29 is 9.18 Å². The smallest absolute Gasteiger partial charge is 0.261 e. The number of benzene rings is 2. The minimum absolute atomic E-state index is 0.322. The molecule has 4 rings (SSSR count). The Morgan fingerprint density at radius 3 is 2.50 bits per heavy atom. The quantitative estimate of drug-likeness (QED) is 0.528. The van der Waals surface area contributed by atoms with Gasteiger partial charge in [-0.1, -0.05) is 17.7 Å². The Hall–Kier alpha value is -3.38. The van der Waals surface area contributed by atoms with E-state index in [4.69, 9.17) is 11.6 Å². The molecule has 5 nitrogen and oxygen atoms in total. The summed E-state index contributed by atoms with van der Waals surface area (Å²) in [5.41, 5.74) is 2.53. The molecule has 140 valence electrons. The predicted molar refractivity (Wildman–Crippen MR) is 107 cm³/mol. The molecule has 2 aromatic carbocycles. The fourth-order valence-corrected chi connectivity index (χ4v) is 3.05. The summed E-state index contributed by atoms with van der Waals surface area (Å²) in [5, 5.41) is 7.78. The molecule has 2 aromatic heterocycles. The van der Waals surface area contributed by atoms with Crippen molar-refractivity contribution in [1.82, 2.24) is 14.3 Å². The monoisotopic (exact) mass is 394 g/mol. The van der Waals surface area contributed by atoms with Gasteiger partial charge in [0, 0.05) is 23.1 Å². The van der Waals surface area contributed by atoms with Crippen molar-refractivity contribution in [1.29, 1.82) is 0 Å². The largest absolute Gasteiger partial charge is 0.322 e. The van der Waals surface area contributed by atoms with E-state index in [0.717, 1.165) is 5.56 Å². The lowest BCUT2D eigenvalue weighted by Crippen LogP contribution is -2.15. The normalized spacial score (nSPS) is 10.8. The van der Waals surface area contributed by atoms with Crippen LogP contribution >= 0.6 is 11.6 Å². The highest BCUT2D eigenvalue weighted by Crippen LogP contribution is 2.23. The molecule has 0 unspecified atom stereocenters. The molecule has 0 aliphatic carbocycles. The van der Waals surface area contributed by atoms with E-state index in [1.165, 1.54) is 18.3 Å². The minimum atomic E-state index is -0.340. The molecule has 7 heteroatoms. The summed E-state index contributed by atoms with van der Waals surface area (Å²) in [6.45, 7) is 1.89. The zero-order valence-electron chi connectivity index (χ0n) is 14.9. The van der Waals surface area contributed by atoms with Gasteiger partial charge in [0.15, 0.2) is 5.82 Å². The number of nitrogens with zero attached hydrogens (tertiary/aromatic N) is 3. The van der Waals surface area contributed by atoms with Crippen molar-refractivity contribution in [3.8, 4) is 11.5 Å². The Morgan fingerprint density at radius 1 is 1.11 bits per heavy atom. The molecule has 28 heavy (non-hydrogen) atoms. The first-order chi connectivity index (χ1) is 13.5. The fourth-order valence-electron chi connectivity index (χ4n) is 2.87. The molecule has 0 radical (unpaired) electrons. The number of halogens is 2. The standard InChI is InChI=1S/C21H16ClFN4O/c1-14-4-7-16(12-19(14)22)25-20(28)18-13-24-27(17-8-5-15(23)6-9-17)21(18)26-10-2-3-11-26/h2-13H,1H3,(H,25,28). The van der Waals surface area contributed by atoms with E-state index in [0.29, 0.717) is 27.8 Å². The Kier molecular flexibility index (Phi) is 4.71. The maximum absolute atomic E-state index is 13.3. The summed E-state index contributed by atoms with van der Waals surface area (Å²) in [5.74, 6) is -0.114. The molecular formula is C21H16ClFN4O. The average Bonchev–Trinajstić information content (AvgIpc) is 3.34. The number of rotatable bonds is 4. The molecule has 0 atom stereocenters. The molecule has 4 aromatic rings. The lowest BCUT2D eigenvalue weighted by Gasteiger charge is -2.11. The van der Waals surface area contributed by atoms with Gasteiger partial charge in [-0.25, -0.2) is 9.07 Å². The van der Waals surface area contributed by atoms with Crippen LogP contribution in [0.2, 0.25) is 5.02 Å². The molecule has 0 aliphatic rings. The number of aromatic nitrogens is 3. The van der Waals surface area contributed by atoms with Crippen LogP contribution in [0.15, 0.2) is 73.2 Å². The first kappa shape index (κ1) is 18.0. The van der Waals surface area contributed by atoms with Crippen molar-refractivity contribution in [3.05, 3.63) is 95.2 Å². The van der Waals surface area contributed by atoms with Crippen molar-refractivity contribution in [2.45, 2.75) is 6.92 Å². The van der Waals surface area contributed by atoms with Crippen LogP contribution in [0.3, 0.4) is 0 Å². The zero-order valence-corrected chi connectivity index (χ0v) is 15.7. The highest BCUT2D eigenvalue weighted by Gasteiger charge is 2.20. The van der Waals surface area contributed by atoms with E-state index >= 15 is 0 Å². The van der Waals surface area contributed by atoms with Crippen LogP contribution in [0.25, 0.3) is 11.5 Å². The maximum atomic E-state index is 13.3. The first-order valence-electron chi connectivity index (χ1n) is 8.58. The summed E-state index contributed by atoms with van der Waals surface area (Å²) in [6, 6.07) is 15.0.